The molecule has 1 N–H and O–H groups in total. The SMILES string of the molecule is O=C1[B]C2CCC2CN2CC3(CCCc4cc(Cl)ccc43)COc3ccc(cc32)S(=O)(=O)N1. The van der Waals surface area contributed by atoms with Crippen molar-refractivity contribution < 1.29 is 17.9 Å². The van der Waals surface area contributed by atoms with E-state index in [4.69, 9.17) is 16.3 Å². The first-order valence-corrected chi connectivity index (χ1v) is 13.4. The minimum atomic E-state index is -3.95. The summed E-state index contributed by atoms with van der Waals surface area (Å²) in [7, 11) is -2.40. The summed E-state index contributed by atoms with van der Waals surface area (Å²) in [6.45, 7) is 2.04. The Morgan fingerprint density at radius 2 is 2.06 bits per heavy atom. The maximum atomic E-state index is 12.9. The van der Waals surface area contributed by atoms with Gasteiger partial charge in [0.25, 0.3) is 10.0 Å². The fraction of sp³-hybridized carbons (Fsp3) is 0.458. The van der Waals surface area contributed by atoms with E-state index in [1.165, 1.54) is 17.2 Å². The molecular weight excluding hydrogens is 459 g/mol. The Labute approximate surface area is 199 Å². The molecule has 1 amide bonds. The second-order valence-corrected chi connectivity index (χ2v) is 12.0. The van der Waals surface area contributed by atoms with Gasteiger partial charge in [0.05, 0.1) is 17.2 Å². The van der Waals surface area contributed by atoms with E-state index in [9.17, 15) is 13.2 Å². The fourth-order valence-electron chi connectivity index (χ4n) is 6.00. The molecule has 3 atom stereocenters. The van der Waals surface area contributed by atoms with Crippen molar-refractivity contribution in [2.75, 3.05) is 24.6 Å². The number of anilines is 1. The molecule has 3 unspecified atom stereocenters. The van der Waals surface area contributed by atoms with Crippen LogP contribution in [0.1, 0.15) is 36.8 Å². The molecule has 4 aliphatic rings. The third kappa shape index (κ3) is 3.62. The van der Waals surface area contributed by atoms with Crippen LogP contribution in [0.4, 0.5) is 10.5 Å². The normalized spacial score (nSPS) is 29.7. The van der Waals surface area contributed by atoms with Gasteiger partial charge in [0.2, 0.25) is 7.28 Å². The number of benzene rings is 2. The average Bonchev–Trinajstić information content (AvgIpc) is 2.92. The molecule has 171 valence electrons. The quantitative estimate of drug-likeness (QED) is 0.570. The van der Waals surface area contributed by atoms with Crippen molar-refractivity contribution in [2.45, 2.75) is 48.2 Å². The van der Waals surface area contributed by atoms with Crippen LogP contribution in [0.25, 0.3) is 0 Å². The van der Waals surface area contributed by atoms with Crippen molar-refractivity contribution in [2.24, 2.45) is 5.92 Å². The molecule has 0 saturated heterocycles. The lowest BCUT2D eigenvalue weighted by Crippen LogP contribution is -2.48. The minimum Gasteiger partial charge on any atom is -0.490 e. The molecule has 6 nitrogen and oxygen atoms in total. The van der Waals surface area contributed by atoms with E-state index in [2.05, 4.69) is 21.8 Å². The van der Waals surface area contributed by atoms with E-state index in [0.717, 1.165) is 55.9 Å². The summed E-state index contributed by atoms with van der Waals surface area (Å²) in [5.41, 5.74) is 3.14. The second kappa shape index (κ2) is 7.67. The van der Waals surface area contributed by atoms with Crippen LogP contribution in [-0.4, -0.2) is 41.2 Å². The Morgan fingerprint density at radius 3 is 2.88 bits per heavy atom. The lowest BCUT2D eigenvalue weighted by molar-refractivity contribution is 0.204. The van der Waals surface area contributed by atoms with Crippen LogP contribution in [0.3, 0.4) is 0 Å². The Balaban J connectivity index is 1.47. The highest BCUT2D eigenvalue weighted by Crippen LogP contribution is 2.47. The van der Waals surface area contributed by atoms with E-state index in [1.807, 2.05) is 6.07 Å². The number of hydrogen-bond acceptors (Lipinski definition) is 5. The lowest BCUT2D eigenvalue weighted by Gasteiger charge is -2.44. The molecule has 1 spiro atoms. The molecule has 2 aromatic carbocycles. The number of rotatable bonds is 0. The summed E-state index contributed by atoms with van der Waals surface area (Å²) < 4.78 is 34.4. The standard InChI is InChI=1S/C24H25BClN2O4S/c26-17-4-6-19-15(10-17)2-1-9-24(19)13-28-12-16-3-7-20(16)25-23(29)27-33(30,31)18-5-8-22(32-14-24)21(28)11-18/h4-6,8,10-11,16,20H,1-3,7,9,12-14H2,(H,27,29). The van der Waals surface area contributed by atoms with Crippen LogP contribution in [-0.2, 0) is 21.9 Å². The average molecular weight is 484 g/mol. The number of nitrogens with one attached hydrogen (secondary N) is 1. The van der Waals surface area contributed by atoms with Crippen LogP contribution in [0.2, 0.25) is 10.8 Å². The third-order valence-electron chi connectivity index (χ3n) is 7.85. The summed E-state index contributed by atoms with van der Waals surface area (Å²) in [4.78, 5) is 14.8. The monoisotopic (exact) mass is 483 g/mol. The van der Waals surface area contributed by atoms with Crippen molar-refractivity contribution >= 4 is 40.4 Å². The maximum Gasteiger partial charge on any atom is 0.263 e. The van der Waals surface area contributed by atoms with Crippen molar-refractivity contribution in [1.82, 2.24) is 4.72 Å². The molecular formula is C24H25BClN2O4S. The highest BCUT2D eigenvalue weighted by atomic mass is 35.5. The van der Waals surface area contributed by atoms with Crippen molar-refractivity contribution in [3.05, 3.63) is 52.5 Å². The molecule has 2 aromatic rings. The van der Waals surface area contributed by atoms with E-state index in [0.29, 0.717) is 18.3 Å². The van der Waals surface area contributed by atoms with Gasteiger partial charge in [-0.15, -0.1) is 0 Å². The van der Waals surface area contributed by atoms with Gasteiger partial charge in [0.15, 0.2) is 5.81 Å². The van der Waals surface area contributed by atoms with Gasteiger partial charge < -0.3 is 9.64 Å². The smallest absolute Gasteiger partial charge is 0.263 e. The number of hydrogen-bond donors (Lipinski definition) is 1. The predicted octanol–water partition coefficient (Wildman–Crippen LogP) is 4.13. The highest BCUT2D eigenvalue weighted by Gasteiger charge is 2.44. The van der Waals surface area contributed by atoms with Gasteiger partial charge >= 0.3 is 0 Å². The Morgan fingerprint density at radius 1 is 1.18 bits per heavy atom. The minimum absolute atomic E-state index is 0.0811. The van der Waals surface area contributed by atoms with Crippen molar-refractivity contribution in [3.63, 3.8) is 0 Å². The predicted molar refractivity (Wildman–Crippen MR) is 128 cm³/mol. The zero-order valence-corrected chi connectivity index (χ0v) is 19.8. The molecule has 0 aromatic heterocycles. The largest absolute Gasteiger partial charge is 0.490 e. The Hall–Kier alpha value is -2.19. The van der Waals surface area contributed by atoms with Gasteiger partial charge in [-0.25, -0.2) is 8.42 Å². The lowest BCUT2D eigenvalue weighted by atomic mass is 9.50. The highest BCUT2D eigenvalue weighted by molar-refractivity contribution is 7.90. The number of halogens is 1. The molecule has 2 bridgehead atoms. The van der Waals surface area contributed by atoms with Gasteiger partial charge in [-0.05, 0) is 73.1 Å². The molecule has 1 saturated carbocycles. The van der Waals surface area contributed by atoms with Gasteiger partial charge in [-0.3, -0.25) is 9.52 Å². The van der Waals surface area contributed by atoms with Crippen LogP contribution in [0.15, 0.2) is 41.3 Å². The fourth-order valence-corrected chi connectivity index (χ4v) is 7.16. The molecule has 1 fully saturated rings. The van der Waals surface area contributed by atoms with Crippen LogP contribution in [0.5, 0.6) is 5.75 Å². The summed E-state index contributed by atoms with van der Waals surface area (Å²) >= 11 is 6.31. The van der Waals surface area contributed by atoms with E-state index in [-0.39, 0.29) is 16.1 Å². The number of aryl methyl sites for hydroxylation is 1. The molecule has 6 rings (SSSR count). The van der Waals surface area contributed by atoms with E-state index in [1.54, 1.807) is 19.4 Å². The van der Waals surface area contributed by atoms with Crippen LogP contribution >= 0.6 is 11.6 Å². The van der Waals surface area contributed by atoms with E-state index >= 15 is 0 Å². The van der Waals surface area contributed by atoms with E-state index < -0.39 is 15.8 Å². The summed E-state index contributed by atoms with van der Waals surface area (Å²) in [6.07, 6.45) is 4.98. The molecule has 33 heavy (non-hydrogen) atoms. The zero-order chi connectivity index (χ0) is 22.8. The second-order valence-electron chi connectivity index (χ2n) is 9.87. The van der Waals surface area contributed by atoms with Gasteiger partial charge in [-0.2, -0.15) is 0 Å². The van der Waals surface area contributed by atoms with Crippen molar-refractivity contribution in [1.29, 1.82) is 0 Å². The third-order valence-corrected chi connectivity index (χ3v) is 9.43. The topological polar surface area (TPSA) is 75.7 Å². The maximum absolute atomic E-state index is 12.9. The molecule has 1 radical (unpaired) electrons. The summed E-state index contributed by atoms with van der Waals surface area (Å²) in [6, 6.07) is 11.1. The summed E-state index contributed by atoms with van der Waals surface area (Å²) in [5, 5.41) is 0.749. The first kappa shape index (κ1) is 21.4. The summed E-state index contributed by atoms with van der Waals surface area (Å²) in [5.74, 6) is 0.535. The van der Waals surface area contributed by atoms with Crippen LogP contribution in [0, 0.1) is 5.92 Å². The number of carbonyl (C=O) groups excluding carboxylic acids is 1. The first-order chi connectivity index (χ1) is 15.8. The number of fused-ring (bicyclic) bond motifs is 4. The number of carbonyl (C=O) groups is 1. The Bertz CT molecular complexity index is 1250. The molecule has 2 aliphatic heterocycles. The molecule has 2 heterocycles. The van der Waals surface area contributed by atoms with Gasteiger partial charge in [0, 0.05) is 23.5 Å². The van der Waals surface area contributed by atoms with Crippen molar-refractivity contribution in [3.8, 4) is 5.75 Å². The Kier molecular flexibility index (Phi) is 4.96. The van der Waals surface area contributed by atoms with Gasteiger partial charge in [-0.1, -0.05) is 29.9 Å². The van der Waals surface area contributed by atoms with Gasteiger partial charge in [0.1, 0.15) is 5.75 Å². The first-order valence-electron chi connectivity index (χ1n) is 11.6. The molecule has 9 heteroatoms. The number of amides is 1. The number of sulfonamides is 1. The number of nitrogens with zero attached hydrogens (tertiary/aromatic N) is 1. The van der Waals surface area contributed by atoms with Crippen LogP contribution < -0.4 is 14.4 Å². The zero-order valence-electron chi connectivity index (χ0n) is 18.2. The number of ether oxygens (including phenoxy) is 1. The molecule has 2 aliphatic carbocycles.